The summed E-state index contributed by atoms with van der Waals surface area (Å²) >= 11 is 0. The molecular formula is C39H51Cl3O6SiTi. The van der Waals surface area contributed by atoms with Crippen LogP contribution in [0.25, 0.3) is 0 Å². The van der Waals surface area contributed by atoms with Crippen molar-refractivity contribution in [2.45, 2.75) is 69.2 Å². The van der Waals surface area contributed by atoms with Gasteiger partial charge in [0, 0.05) is 15.6 Å². The summed E-state index contributed by atoms with van der Waals surface area (Å²) in [7, 11) is 6.73. The first kappa shape index (κ1) is 47.6. The van der Waals surface area contributed by atoms with Crippen LogP contribution in [0, 0.1) is 69.2 Å². The molecule has 0 aliphatic rings. The monoisotopic (exact) mass is 796 g/mol. The molecule has 0 aromatic heterocycles. The van der Waals surface area contributed by atoms with Crippen molar-refractivity contribution in [2.75, 3.05) is 42.7 Å². The van der Waals surface area contributed by atoms with Gasteiger partial charge < -0.3 is 65.6 Å². The molecule has 0 amide bonds. The first-order chi connectivity index (χ1) is 21.7. The minimum atomic E-state index is -3.71. The largest absolute Gasteiger partial charge is 4.00 e. The fourth-order valence-electron chi connectivity index (χ4n) is 7.41. The van der Waals surface area contributed by atoms with Crippen molar-refractivity contribution in [2.24, 2.45) is 0 Å². The summed E-state index contributed by atoms with van der Waals surface area (Å²) in [5, 5.41) is 4.08. The van der Waals surface area contributed by atoms with Gasteiger partial charge in [0.15, 0.2) is 8.07 Å². The van der Waals surface area contributed by atoms with Crippen LogP contribution in [0.4, 0.5) is 0 Å². The van der Waals surface area contributed by atoms with Crippen molar-refractivity contribution >= 4 is 28.8 Å². The van der Waals surface area contributed by atoms with E-state index in [0.29, 0.717) is 0 Å². The summed E-state index contributed by atoms with van der Waals surface area (Å²) in [5.41, 5.74) is 11.2. The summed E-state index contributed by atoms with van der Waals surface area (Å²) in [6.45, 7) is 21.5. The zero-order chi connectivity index (χ0) is 34.4. The van der Waals surface area contributed by atoms with Gasteiger partial charge in [0.1, 0.15) is 34.5 Å². The topological polar surface area (TPSA) is 55.4 Å². The number of ether oxygens (including phenoxy) is 6. The molecule has 0 N–H and O–H groups in total. The second-order valence-corrected chi connectivity index (χ2v) is 15.9. The van der Waals surface area contributed by atoms with Gasteiger partial charge in [-0.15, -0.1) is 5.19 Å². The molecule has 0 saturated heterocycles. The Morgan fingerprint density at radius 3 is 0.840 bits per heavy atom. The maximum atomic E-state index is 6.48. The molecule has 6 nitrogen and oxygen atoms in total. The predicted molar refractivity (Wildman–Crippen MR) is 192 cm³/mol. The van der Waals surface area contributed by atoms with Gasteiger partial charge >= 0.3 is 21.7 Å². The van der Waals surface area contributed by atoms with Crippen LogP contribution in [-0.4, -0.2) is 50.7 Å². The molecule has 0 heterocycles. The van der Waals surface area contributed by atoms with Gasteiger partial charge in [0.05, 0.1) is 42.7 Å². The Labute approximate surface area is 334 Å². The Balaban J connectivity index is 0.00000600. The third-order valence-corrected chi connectivity index (χ3v) is 15.6. The van der Waals surface area contributed by atoms with Gasteiger partial charge in [0.2, 0.25) is 0 Å². The fraction of sp³-hybridized carbons (Fsp3) is 0.410. The van der Waals surface area contributed by atoms with Gasteiger partial charge in [-0.05, 0) is 93.1 Å². The molecule has 0 spiro atoms. The first-order valence-electron chi connectivity index (χ1n) is 15.7. The average molecular weight is 798 g/mol. The second-order valence-electron chi connectivity index (χ2n) is 12.4. The maximum Gasteiger partial charge on any atom is 4.00 e. The van der Waals surface area contributed by atoms with E-state index in [1.54, 1.807) is 42.7 Å². The van der Waals surface area contributed by atoms with Gasteiger partial charge in [-0.1, -0.05) is 27.7 Å². The molecule has 272 valence electrons. The van der Waals surface area contributed by atoms with Gasteiger partial charge in [0.25, 0.3) is 0 Å². The molecule has 0 unspecified atom stereocenters. The molecule has 0 radical (unpaired) electrons. The molecule has 4 aromatic rings. The van der Waals surface area contributed by atoms with Crippen molar-refractivity contribution in [3.63, 3.8) is 0 Å². The van der Waals surface area contributed by atoms with Crippen molar-refractivity contribution in [3.8, 4) is 34.5 Å². The van der Waals surface area contributed by atoms with E-state index in [4.69, 9.17) is 28.4 Å². The van der Waals surface area contributed by atoms with Crippen LogP contribution in [0.3, 0.4) is 0 Å². The molecule has 4 aromatic carbocycles. The maximum absolute atomic E-state index is 6.48. The molecule has 0 aliphatic heterocycles. The third-order valence-electron chi connectivity index (χ3n) is 10.5. The minimum Gasteiger partial charge on any atom is -1.00 e. The Bertz CT molecular complexity index is 1650. The van der Waals surface area contributed by atoms with E-state index in [0.717, 1.165) is 83.4 Å². The van der Waals surface area contributed by atoms with Gasteiger partial charge in [-0.2, -0.15) is 22.3 Å². The number of benzene rings is 3. The molecular weight excluding hydrogens is 747 g/mol. The second kappa shape index (κ2) is 18.4. The van der Waals surface area contributed by atoms with E-state index in [1.165, 1.54) is 27.4 Å². The van der Waals surface area contributed by atoms with E-state index in [9.17, 15) is 0 Å². The van der Waals surface area contributed by atoms with E-state index in [-0.39, 0.29) is 58.9 Å². The molecule has 0 aliphatic carbocycles. The van der Waals surface area contributed by atoms with Crippen LogP contribution >= 0.6 is 0 Å². The summed E-state index contributed by atoms with van der Waals surface area (Å²) in [6.07, 6.45) is 0. The number of hydrogen-bond donors (Lipinski definition) is 0. The van der Waals surface area contributed by atoms with Gasteiger partial charge in [-0.3, -0.25) is 0 Å². The summed E-state index contributed by atoms with van der Waals surface area (Å²) in [4.78, 5) is 0. The predicted octanol–water partition coefficient (Wildman–Crippen LogP) is -3.07. The Hall–Kier alpha value is -2.39. The number of aryl methyl sites for hydroxylation is 3. The summed E-state index contributed by atoms with van der Waals surface area (Å²) < 4.78 is 38.7. The fourth-order valence-corrected chi connectivity index (χ4v) is 13.9. The van der Waals surface area contributed by atoms with Crippen molar-refractivity contribution in [3.05, 3.63) is 73.8 Å². The van der Waals surface area contributed by atoms with Crippen molar-refractivity contribution in [1.82, 2.24) is 0 Å². The molecule has 50 heavy (non-hydrogen) atoms. The van der Waals surface area contributed by atoms with Crippen LogP contribution in [-0.2, 0) is 21.7 Å². The molecule has 11 heteroatoms. The average Bonchev–Trinajstić information content (AvgIpc) is 3.24. The summed E-state index contributed by atoms with van der Waals surface area (Å²) in [6, 6.07) is 6.38. The molecule has 0 bridgehead atoms. The number of rotatable bonds is 10. The van der Waals surface area contributed by atoms with E-state index < -0.39 is 8.07 Å². The van der Waals surface area contributed by atoms with Crippen LogP contribution in [0.15, 0.2) is 18.2 Å². The molecule has 0 saturated carbocycles. The Morgan fingerprint density at radius 2 is 0.640 bits per heavy atom. The van der Waals surface area contributed by atoms with E-state index in [1.807, 2.05) is 0 Å². The van der Waals surface area contributed by atoms with Crippen LogP contribution in [0.1, 0.15) is 55.6 Å². The zero-order valence-electron chi connectivity index (χ0n) is 32.3. The number of halogens is 3. The Morgan fingerprint density at radius 1 is 0.400 bits per heavy atom. The normalized spacial score (nSPS) is 10.6. The van der Waals surface area contributed by atoms with E-state index in [2.05, 4.69) is 87.4 Å². The SMILES string of the molecule is COc1cc(C)c(C)c(OC)c1[Si](c1c(OC)cc(C)c(C)c1OC)(c1c(OC)cc(C)c(C)c1OC)[c-]1c(C)c(C)c(C)c1C.[Cl-].[Cl-].[Cl-].[Ti+4]. The number of methoxy groups -OCH3 is 6. The van der Waals surface area contributed by atoms with E-state index >= 15 is 0 Å². The van der Waals surface area contributed by atoms with Crippen LogP contribution < -0.4 is 86.4 Å². The number of hydrogen-bond acceptors (Lipinski definition) is 6. The van der Waals surface area contributed by atoms with Gasteiger partial charge in [-0.25, -0.2) is 0 Å². The molecule has 4 rings (SSSR count). The quantitative estimate of drug-likeness (QED) is 0.0967. The standard InChI is InChI=1S/C39H51O6Si.3ClH.Ti/c1-20-17-30(40-11)37(33(43-14)23(20)4)46(36-28(9)26(7)27(8)29(36)10,38-31(41-12)18-21(2)24(5)34(38)44-15)39-32(42-13)19-22(3)25(6)35(39)45-16;;;;/h17-19H,1-16H3;3*1H;/q-1;;;;+4/p-3. The third kappa shape index (κ3) is 7.03. The molecule has 0 atom stereocenters. The first-order valence-corrected chi connectivity index (χ1v) is 17.7. The van der Waals surface area contributed by atoms with Crippen molar-refractivity contribution in [1.29, 1.82) is 0 Å². The Kier molecular flexibility index (Phi) is 17.5. The zero-order valence-corrected chi connectivity index (χ0v) is 37.1. The molecule has 0 fully saturated rings. The van der Waals surface area contributed by atoms with Crippen LogP contribution in [0.5, 0.6) is 34.5 Å². The van der Waals surface area contributed by atoms with Crippen molar-refractivity contribution < 1.29 is 87.4 Å². The summed E-state index contributed by atoms with van der Waals surface area (Å²) in [5.74, 6) is 4.49. The van der Waals surface area contributed by atoms with Crippen LogP contribution in [0.2, 0.25) is 0 Å². The minimum absolute atomic E-state index is 0. The smallest absolute Gasteiger partial charge is 1.00 e.